The fourth-order valence-electron chi connectivity index (χ4n) is 1.60. The minimum Gasteiger partial charge on any atom is -0.364 e. The molecular weight excluding hydrogens is 263 g/mol. The maximum Gasteiger partial charge on any atom is 0.411 e. The van der Waals surface area contributed by atoms with Gasteiger partial charge in [-0.1, -0.05) is 18.5 Å². The SMILES string of the molecule is CCCC(Cc1nc(COCC(F)(F)F)no1)NC. The Kier molecular flexibility index (Phi) is 6.23. The second kappa shape index (κ2) is 7.44. The first-order valence-electron chi connectivity index (χ1n) is 6.07. The molecule has 0 fully saturated rings. The number of nitrogens with zero attached hydrogens (tertiary/aromatic N) is 2. The second-order valence-electron chi connectivity index (χ2n) is 4.19. The third-order valence-corrected chi connectivity index (χ3v) is 2.47. The molecule has 5 nitrogen and oxygen atoms in total. The average molecular weight is 281 g/mol. The lowest BCUT2D eigenvalue weighted by atomic mass is 10.1. The molecule has 0 aliphatic carbocycles. The van der Waals surface area contributed by atoms with Gasteiger partial charge >= 0.3 is 6.18 Å². The maximum absolute atomic E-state index is 11.9. The Hall–Kier alpha value is -1.15. The number of hydrogen-bond acceptors (Lipinski definition) is 5. The summed E-state index contributed by atoms with van der Waals surface area (Å²) in [6.07, 6.45) is -1.82. The Morgan fingerprint density at radius 2 is 2.16 bits per heavy atom. The lowest BCUT2D eigenvalue weighted by Gasteiger charge is -2.11. The van der Waals surface area contributed by atoms with Crippen molar-refractivity contribution in [3.05, 3.63) is 11.7 Å². The number of hydrogen-bond donors (Lipinski definition) is 1. The topological polar surface area (TPSA) is 60.2 Å². The molecule has 0 spiro atoms. The predicted octanol–water partition coefficient (Wildman–Crippen LogP) is 2.08. The Labute approximate surface area is 109 Å². The summed E-state index contributed by atoms with van der Waals surface area (Å²) in [7, 11) is 1.84. The van der Waals surface area contributed by atoms with E-state index in [1.807, 2.05) is 7.05 Å². The molecule has 0 aromatic carbocycles. The number of halogens is 3. The number of likely N-dealkylation sites (N-methyl/N-ethyl adjacent to an activating group) is 1. The largest absolute Gasteiger partial charge is 0.411 e. The van der Waals surface area contributed by atoms with Gasteiger partial charge in [0, 0.05) is 12.5 Å². The van der Waals surface area contributed by atoms with Gasteiger partial charge in [0.05, 0.1) is 0 Å². The van der Waals surface area contributed by atoms with Crippen LogP contribution in [0.3, 0.4) is 0 Å². The summed E-state index contributed by atoms with van der Waals surface area (Å²) in [5.74, 6) is 0.531. The molecule has 110 valence electrons. The van der Waals surface area contributed by atoms with Crippen LogP contribution in [-0.2, 0) is 17.8 Å². The molecule has 19 heavy (non-hydrogen) atoms. The van der Waals surface area contributed by atoms with E-state index < -0.39 is 12.8 Å². The molecule has 0 saturated heterocycles. The molecule has 0 radical (unpaired) electrons. The lowest BCUT2D eigenvalue weighted by molar-refractivity contribution is -0.177. The Morgan fingerprint density at radius 3 is 2.74 bits per heavy atom. The van der Waals surface area contributed by atoms with Crippen LogP contribution in [0.5, 0.6) is 0 Å². The molecule has 0 bridgehead atoms. The molecule has 1 aromatic rings. The molecule has 0 aliphatic heterocycles. The summed E-state index contributed by atoms with van der Waals surface area (Å²) >= 11 is 0. The quantitative estimate of drug-likeness (QED) is 0.790. The molecule has 1 unspecified atom stereocenters. The Morgan fingerprint density at radius 1 is 1.42 bits per heavy atom. The first kappa shape index (κ1) is 15.9. The highest BCUT2D eigenvalue weighted by molar-refractivity contribution is 4.88. The summed E-state index contributed by atoms with van der Waals surface area (Å²) in [6, 6.07) is 0.217. The van der Waals surface area contributed by atoms with E-state index in [9.17, 15) is 13.2 Å². The summed E-state index contributed by atoms with van der Waals surface area (Å²) in [5.41, 5.74) is 0. The van der Waals surface area contributed by atoms with E-state index in [1.54, 1.807) is 0 Å². The molecule has 1 atom stereocenters. The van der Waals surface area contributed by atoms with Crippen molar-refractivity contribution in [3.8, 4) is 0 Å². The molecule has 0 amide bonds. The standard InChI is InChI=1S/C11H18F3N3O2/c1-3-4-8(15-2)5-10-16-9(17-19-10)6-18-7-11(12,13)14/h8,15H,3-7H2,1-2H3. The van der Waals surface area contributed by atoms with Gasteiger partial charge in [-0.05, 0) is 13.5 Å². The van der Waals surface area contributed by atoms with E-state index in [1.165, 1.54) is 0 Å². The van der Waals surface area contributed by atoms with Crippen LogP contribution in [0.2, 0.25) is 0 Å². The molecule has 8 heteroatoms. The zero-order valence-corrected chi connectivity index (χ0v) is 11.0. The monoisotopic (exact) mass is 281 g/mol. The zero-order chi connectivity index (χ0) is 14.3. The summed E-state index contributed by atoms with van der Waals surface area (Å²) in [5, 5.41) is 6.69. The van der Waals surface area contributed by atoms with Crippen LogP contribution in [0.1, 0.15) is 31.5 Å². The van der Waals surface area contributed by atoms with Gasteiger partial charge in [0.2, 0.25) is 5.89 Å². The van der Waals surface area contributed by atoms with Crippen molar-refractivity contribution in [1.82, 2.24) is 15.5 Å². The maximum atomic E-state index is 11.9. The zero-order valence-electron chi connectivity index (χ0n) is 11.0. The normalized spacial score (nSPS) is 13.7. The van der Waals surface area contributed by atoms with Crippen LogP contribution in [-0.4, -0.2) is 36.0 Å². The first-order chi connectivity index (χ1) is 8.94. The van der Waals surface area contributed by atoms with Crippen LogP contribution in [0.4, 0.5) is 13.2 Å². The van der Waals surface area contributed by atoms with Crippen molar-refractivity contribution >= 4 is 0 Å². The highest BCUT2D eigenvalue weighted by atomic mass is 19.4. The molecule has 1 N–H and O–H groups in total. The van der Waals surface area contributed by atoms with Crippen LogP contribution in [0, 0.1) is 0 Å². The van der Waals surface area contributed by atoms with Crippen molar-refractivity contribution in [1.29, 1.82) is 0 Å². The van der Waals surface area contributed by atoms with Gasteiger partial charge in [0.1, 0.15) is 13.2 Å². The highest BCUT2D eigenvalue weighted by Gasteiger charge is 2.27. The molecular formula is C11H18F3N3O2. The van der Waals surface area contributed by atoms with Gasteiger partial charge in [-0.3, -0.25) is 0 Å². The molecule has 1 aromatic heterocycles. The Bertz CT molecular complexity index is 368. The minimum absolute atomic E-state index is 0.130. The fourth-order valence-corrected chi connectivity index (χ4v) is 1.60. The van der Waals surface area contributed by atoms with E-state index in [-0.39, 0.29) is 18.5 Å². The van der Waals surface area contributed by atoms with E-state index >= 15 is 0 Å². The van der Waals surface area contributed by atoms with Gasteiger partial charge in [-0.25, -0.2) is 0 Å². The minimum atomic E-state index is -4.34. The second-order valence-corrected chi connectivity index (χ2v) is 4.19. The third kappa shape index (κ3) is 6.53. The van der Waals surface area contributed by atoms with E-state index in [2.05, 4.69) is 27.1 Å². The van der Waals surface area contributed by atoms with Crippen molar-refractivity contribution in [2.75, 3.05) is 13.7 Å². The lowest BCUT2D eigenvalue weighted by Crippen LogP contribution is -2.27. The van der Waals surface area contributed by atoms with Crippen molar-refractivity contribution in [2.45, 2.75) is 45.0 Å². The smallest absolute Gasteiger partial charge is 0.364 e. The van der Waals surface area contributed by atoms with E-state index in [0.717, 1.165) is 12.8 Å². The summed E-state index contributed by atoms with van der Waals surface area (Å²) < 4.78 is 45.0. The van der Waals surface area contributed by atoms with Gasteiger partial charge < -0.3 is 14.6 Å². The van der Waals surface area contributed by atoms with Gasteiger partial charge in [0.15, 0.2) is 5.82 Å². The van der Waals surface area contributed by atoms with Crippen molar-refractivity contribution < 1.29 is 22.4 Å². The number of nitrogens with one attached hydrogen (secondary N) is 1. The fraction of sp³-hybridized carbons (Fsp3) is 0.818. The van der Waals surface area contributed by atoms with E-state index in [4.69, 9.17) is 4.52 Å². The van der Waals surface area contributed by atoms with Crippen LogP contribution in [0.15, 0.2) is 4.52 Å². The van der Waals surface area contributed by atoms with Gasteiger partial charge in [-0.2, -0.15) is 18.2 Å². The van der Waals surface area contributed by atoms with Crippen molar-refractivity contribution in [2.24, 2.45) is 0 Å². The predicted molar refractivity (Wildman–Crippen MR) is 61.5 cm³/mol. The highest BCUT2D eigenvalue weighted by Crippen LogP contribution is 2.15. The third-order valence-electron chi connectivity index (χ3n) is 2.47. The van der Waals surface area contributed by atoms with Crippen LogP contribution < -0.4 is 5.32 Å². The number of ether oxygens (including phenoxy) is 1. The van der Waals surface area contributed by atoms with Crippen molar-refractivity contribution in [3.63, 3.8) is 0 Å². The van der Waals surface area contributed by atoms with Gasteiger partial charge in [0.25, 0.3) is 0 Å². The number of alkyl halides is 3. The Balaban J connectivity index is 2.39. The summed E-state index contributed by atoms with van der Waals surface area (Å²) in [6.45, 7) is 0.446. The molecule has 1 heterocycles. The van der Waals surface area contributed by atoms with E-state index in [0.29, 0.717) is 12.3 Å². The summed E-state index contributed by atoms with van der Waals surface area (Å²) in [4.78, 5) is 3.99. The first-order valence-corrected chi connectivity index (χ1v) is 6.07. The van der Waals surface area contributed by atoms with Gasteiger partial charge in [-0.15, -0.1) is 0 Å². The van der Waals surface area contributed by atoms with Crippen LogP contribution >= 0.6 is 0 Å². The molecule has 1 rings (SSSR count). The number of aromatic nitrogens is 2. The van der Waals surface area contributed by atoms with Crippen LogP contribution in [0.25, 0.3) is 0 Å². The molecule has 0 aliphatic rings. The average Bonchev–Trinajstić information content (AvgIpc) is 2.74. The number of rotatable bonds is 8. The molecule has 0 saturated carbocycles.